The average molecular weight is 349 g/mol. The van der Waals surface area contributed by atoms with Gasteiger partial charge in [0.2, 0.25) is 5.91 Å². The van der Waals surface area contributed by atoms with E-state index in [2.05, 4.69) is 16.0 Å². The molecule has 3 N–H and O–H groups in total. The number of rotatable bonds is 10. The molecule has 1 unspecified atom stereocenters. The van der Waals surface area contributed by atoms with Crippen LogP contribution < -0.4 is 16.0 Å². The van der Waals surface area contributed by atoms with Crippen molar-refractivity contribution in [3.8, 4) is 0 Å². The summed E-state index contributed by atoms with van der Waals surface area (Å²) in [5, 5.41) is 8.72. The average Bonchev–Trinajstić information content (AvgIpc) is 3.15. The Bertz CT molecular complexity index is 559. The number of hydrogen-bond acceptors (Lipinski definition) is 5. The molecule has 1 aliphatic heterocycles. The number of anilines is 1. The first kappa shape index (κ1) is 19.2. The van der Waals surface area contributed by atoms with Crippen LogP contribution in [0.15, 0.2) is 24.3 Å². The highest BCUT2D eigenvalue weighted by Crippen LogP contribution is 2.12. The molecule has 1 aromatic rings. The molecule has 0 radical (unpaired) electrons. The second-order valence-corrected chi connectivity index (χ2v) is 5.98. The van der Waals surface area contributed by atoms with E-state index in [0.29, 0.717) is 25.3 Å². The van der Waals surface area contributed by atoms with E-state index < -0.39 is 0 Å². The van der Waals surface area contributed by atoms with E-state index >= 15 is 0 Å². The van der Waals surface area contributed by atoms with Gasteiger partial charge in [-0.25, -0.2) is 0 Å². The van der Waals surface area contributed by atoms with Crippen LogP contribution in [0.3, 0.4) is 0 Å². The van der Waals surface area contributed by atoms with Crippen molar-refractivity contribution in [2.24, 2.45) is 0 Å². The Labute approximate surface area is 148 Å². The molecule has 7 heteroatoms. The monoisotopic (exact) mass is 349 g/mol. The molecule has 1 atom stereocenters. The van der Waals surface area contributed by atoms with Gasteiger partial charge in [0.05, 0.1) is 12.6 Å². The highest BCUT2D eigenvalue weighted by Gasteiger charge is 2.16. The smallest absolute Gasteiger partial charge is 0.251 e. The first-order chi connectivity index (χ1) is 12.2. The third kappa shape index (κ3) is 7.11. The zero-order valence-electron chi connectivity index (χ0n) is 14.7. The summed E-state index contributed by atoms with van der Waals surface area (Å²) in [7, 11) is 1.63. The van der Waals surface area contributed by atoms with Crippen molar-refractivity contribution in [3.63, 3.8) is 0 Å². The molecule has 0 bridgehead atoms. The van der Waals surface area contributed by atoms with Gasteiger partial charge in [0, 0.05) is 44.7 Å². The predicted octanol–water partition coefficient (Wildman–Crippen LogP) is 1.16. The Morgan fingerprint density at radius 3 is 2.96 bits per heavy atom. The van der Waals surface area contributed by atoms with Crippen molar-refractivity contribution in [2.45, 2.75) is 25.4 Å². The van der Waals surface area contributed by atoms with Crippen LogP contribution in [-0.2, 0) is 14.3 Å². The molecule has 2 amide bonds. The second-order valence-electron chi connectivity index (χ2n) is 5.98. The van der Waals surface area contributed by atoms with Crippen LogP contribution in [0, 0.1) is 0 Å². The van der Waals surface area contributed by atoms with Gasteiger partial charge in [0.15, 0.2) is 0 Å². The predicted molar refractivity (Wildman–Crippen MR) is 95.7 cm³/mol. The second kappa shape index (κ2) is 10.7. The standard InChI is InChI=1S/C18H27N3O4/c1-24-9-4-8-19-17(22)13-20-15-6-2-5-14(11-15)18(23)21-12-16-7-3-10-25-16/h2,5-6,11,16,20H,3-4,7-10,12-13H2,1H3,(H,19,22)(H,21,23). The van der Waals surface area contributed by atoms with E-state index in [4.69, 9.17) is 9.47 Å². The number of amides is 2. The lowest BCUT2D eigenvalue weighted by Crippen LogP contribution is -2.32. The molecule has 1 heterocycles. The van der Waals surface area contributed by atoms with Crippen LogP contribution in [0.25, 0.3) is 0 Å². The van der Waals surface area contributed by atoms with Gasteiger partial charge in [-0.1, -0.05) is 6.07 Å². The number of methoxy groups -OCH3 is 1. The Balaban J connectivity index is 1.73. The van der Waals surface area contributed by atoms with Gasteiger partial charge in [-0.2, -0.15) is 0 Å². The first-order valence-electron chi connectivity index (χ1n) is 8.68. The topological polar surface area (TPSA) is 88.7 Å². The largest absolute Gasteiger partial charge is 0.385 e. The summed E-state index contributed by atoms with van der Waals surface area (Å²) in [6.45, 7) is 2.67. The Hall–Kier alpha value is -2.12. The molecule has 0 spiro atoms. The summed E-state index contributed by atoms with van der Waals surface area (Å²) in [5.41, 5.74) is 1.29. The summed E-state index contributed by atoms with van der Waals surface area (Å²) in [6.07, 6.45) is 2.93. The van der Waals surface area contributed by atoms with E-state index in [9.17, 15) is 9.59 Å². The van der Waals surface area contributed by atoms with Gasteiger partial charge in [-0.15, -0.1) is 0 Å². The van der Waals surface area contributed by atoms with Gasteiger partial charge in [-0.3, -0.25) is 9.59 Å². The summed E-state index contributed by atoms with van der Waals surface area (Å²) in [5.74, 6) is -0.229. The zero-order valence-corrected chi connectivity index (χ0v) is 14.7. The molecule has 0 aromatic heterocycles. The Kier molecular flexibility index (Phi) is 8.21. The third-order valence-corrected chi connectivity index (χ3v) is 3.94. The minimum absolute atomic E-state index is 0.0932. The normalized spacial score (nSPS) is 16.4. The molecule has 1 saturated heterocycles. The van der Waals surface area contributed by atoms with Crippen molar-refractivity contribution in [3.05, 3.63) is 29.8 Å². The Morgan fingerprint density at radius 1 is 1.32 bits per heavy atom. The quantitative estimate of drug-likeness (QED) is 0.552. The number of carbonyl (C=O) groups is 2. The van der Waals surface area contributed by atoms with Crippen molar-refractivity contribution in [1.29, 1.82) is 0 Å². The highest BCUT2D eigenvalue weighted by atomic mass is 16.5. The molecule has 2 rings (SSSR count). The van der Waals surface area contributed by atoms with Crippen LogP contribution in [0.5, 0.6) is 0 Å². The SMILES string of the molecule is COCCCNC(=O)CNc1cccc(C(=O)NCC2CCCO2)c1. The van der Waals surface area contributed by atoms with Crippen LogP contribution in [0.1, 0.15) is 29.6 Å². The summed E-state index contributed by atoms with van der Waals surface area (Å²) >= 11 is 0. The van der Waals surface area contributed by atoms with Crippen LogP contribution in [0.2, 0.25) is 0 Å². The van der Waals surface area contributed by atoms with E-state index in [0.717, 1.165) is 31.6 Å². The highest BCUT2D eigenvalue weighted by molar-refractivity contribution is 5.95. The van der Waals surface area contributed by atoms with Crippen LogP contribution in [0.4, 0.5) is 5.69 Å². The van der Waals surface area contributed by atoms with E-state index in [1.54, 1.807) is 25.3 Å². The van der Waals surface area contributed by atoms with Crippen molar-refractivity contribution >= 4 is 17.5 Å². The molecule has 7 nitrogen and oxygen atoms in total. The third-order valence-electron chi connectivity index (χ3n) is 3.94. The van der Waals surface area contributed by atoms with Crippen LogP contribution >= 0.6 is 0 Å². The molecule has 0 aliphatic carbocycles. The lowest BCUT2D eigenvalue weighted by Gasteiger charge is -2.12. The summed E-state index contributed by atoms with van der Waals surface area (Å²) in [6, 6.07) is 7.11. The maximum absolute atomic E-state index is 12.2. The van der Waals surface area contributed by atoms with Crippen LogP contribution in [-0.4, -0.2) is 57.9 Å². The van der Waals surface area contributed by atoms with Crippen molar-refractivity contribution in [1.82, 2.24) is 10.6 Å². The van der Waals surface area contributed by atoms with Crippen molar-refractivity contribution < 1.29 is 19.1 Å². The zero-order chi connectivity index (χ0) is 17.9. The molecule has 0 saturated carbocycles. The summed E-state index contributed by atoms with van der Waals surface area (Å²) in [4.78, 5) is 23.9. The van der Waals surface area contributed by atoms with Gasteiger partial charge >= 0.3 is 0 Å². The minimum atomic E-state index is -0.136. The number of carbonyl (C=O) groups excluding carboxylic acids is 2. The minimum Gasteiger partial charge on any atom is -0.385 e. The number of nitrogens with one attached hydrogen (secondary N) is 3. The lowest BCUT2D eigenvalue weighted by molar-refractivity contribution is -0.119. The van der Waals surface area contributed by atoms with Gasteiger partial charge in [0.25, 0.3) is 5.91 Å². The maximum Gasteiger partial charge on any atom is 0.251 e. The maximum atomic E-state index is 12.2. The number of ether oxygens (including phenoxy) is 2. The number of hydrogen-bond donors (Lipinski definition) is 3. The fourth-order valence-electron chi connectivity index (χ4n) is 2.57. The lowest BCUT2D eigenvalue weighted by atomic mass is 10.1. The first-order valence-corrected chi connectivity index (χ1v) is 8.68. The molecule has 1 fully saturated rings. The van der Waals surface area contributed by atoms with E-state index in [1.807, 2.05) is 6.07 Å². The van der Waals surface area contributed by atoms with Gasteiger partial charge in [-0.05, 0) is 37.5 Å². The van der Waals surface area contributed by atoms with Gasteiger partial charge < -0.3 is 25.4 Å². The summed E-state index contributed by atoms with van der Waals surface area (Å²) < 4.78 is 10.4. The molecule has 138 valence electrons. The molecule has 1 aromatic carbocycles. The van der Waals surface area contributed by atoms with E-state index in [1.165, 1.54) is 0 Å². The van der Waals surface area contributed by atoms with E-state index in [-0.39, 0.29) is 24.5 Å². The molecular weight excluding hydrogens is 322 g/mol. The molecular formula is C18H27N3O4. The Morgan fingerprint density at radius 2 is 2.20 bits per heavy atom. The fraction of sp³-hybridized carbons (Fsp3) is 0.556. The fourth-order valence-corrected chi connectivity index (χ4v) is 2.57. The number of benzene rings is 1. The van der Waals surface area contributed by atoms with Crippen molar-refractivity contribution in [2.75, 3.05) is 45.3 Å². The molecule has 25 heavy (non-hydrogen) atoms. The van der Waals surface area contributed by atoms with Gasteiger partial charge in [0.1, 0.15) is 0 Å². The molecule has 1 aliphatic rings.